The van der Waals surface area contributed by atoms with Gasteiger partial charge in [-0.25, -0.2) is 4.68 Å². The zero-order valence-corrected chi connectivity index (χ0v) is 10.6. The fourth-order valence-corrected chi connectivity index (χ4v) is 2.42. The van der Waals surface area contributed by atoms with Gasteiger partial charge in [-0.15, -0.1) is 5.10 Å². The van der Waals surface area contributed by atoms with E-state index in [-0.39, 0.29) is 0 Å². The number of rotatable bonds is 2. The Hall–Kier alpha value is -0.900. The fourth-order valence-electron chi connectivity index (χ4n) is 2.42. The normalized spacial score (nSPS) is 20.2. The lowest BCUT2D eigenvalue weighted by atomic mass is 9.94. The van der Waals surface area contributed by atoms with Gasteiger partial charge in [-0.2, -0.15) is 0 Å². The number of aromatic nitrogens is 3. The van der Waals surface area contributed by atoms with Gasteiger partial charge in [0.05, 0.1) is 12.2 Å². The van der Waals surface area contributed by atoms with Crippen LogP contribution in [0.4, 0.5) is 0 Å². The van der Waals surface area contributed by atoms with Crippen molar-refractivity contribution in [1.82, 2.24) is 19.9 Å². The molecule has 4 nitrogen and oxygen atoms in total. The average Bonchev–Trinajstić information content (AvgIpc) is 2.69. The average molecular weight is 222 g/mol. The molecule has 1 fully saturated rings. The predicted molar refractivity (Wildman–Crippen MR) is 64.2 cm³/mol. The van der Waals surface area contributed by atoms with Gasteiger partial charge in [-0.05, 0) is 18.3 Å². The highest BCUT2D eigenvalue weighted by molar-refractivity contribution is 4.80. The van der Waals surface area contributed by atoms with Crippen molar-refractivity contribution < 1.29 is 0 Å². The maximum atomic E-state index is 4.09. The summed E-state index contributed by atoms with van der Waals surface area (Å²) in [5, 5.41) is 7.96. The van der Waals surface area contributed by atoms with Gasteiger partial charge in [-0.1, -0.05) is 26.0 Å². The highest BCUT2D eigenvalue weighted by Gasteiger charge is 2.23. The van der Waals surface area contributed by atoms with Crippen molar-refractivity contribution in [3.8, 4) is 0 Å². The summed E-state index contributed by atoms with van der Waals surface area (Å²) >= 11 is 0. The summed E-state index contributed by atoms with van der Waals surface area (Å²) in [6, 6.07) is 0.554. The SMILES string of the molecule is CC(C)(C)CN1CCC(n2ccnn2)CC1. The minimum Gasteiger partial charge on any atom is -0.303 e. The van der Waals surface area contributed by atoms with Crippen LogP contribution in [0.3, 0.4) is 0 Å². The maximum absolute atomic E-state index is 4.09. The number of hydrogen-bond donors (Lipinski definition) is 0. The summed E-state index contributed by atoms with van der Waals surface area (Å²) in [6.07, 6.45) is 6.13. The quantitative estimate of drug-likeness (QED) is 0.767. The van der Waals surface area contributed by atoms with E-state index >= 15 is 0 Å². The second kappa shape index (κ2) is 4.53. The lowest BCUT2D eigenvalue weighted by Gasteiger charge is -2.35. The molecule has 0 unspecified atom stereocenters. The third kappa shape index (κ3) is 3.04. The Kier molecular flexibility index (Phi) is 3.28. The Bertz CT molecular complexity index is 304. The molecule has 4 heteroatoms. The molecule has 90 valence electrons. The second-order valence-corrected chi connectivity index (χ2v) is 5.95. The van der Waals surface area contributed by atoms with E-state index in [0.717, 1.165) is 0 Å². The highest BCUT2D eigenvalue weighted by atomic mass is 15.4. The summed E-state index contributed by atoms with van der Waals surface area (Å²) in [5.74, 6) is 0. The van der Waals surface area contributed by atoms with Crippen LogP contribution in [0.15, 0.2) is 12.4 Å². The molecule has 0 N–H and O–H groups in total. The smallest absolute Gasteiger partial charge is 0.0693 e. The molecule has 0 aliphatic carbocycles. The third-order valence-electron chi connectivity index (χ3n) is 3.07. The molecule has 1 aliphatic rings. The molecule has 0 amide bonds. The standard InChI is InChI=1S/C12H22N4/c1-12(2,3)10-15-7-4-11(5-8-15)16-9-6-13-14-16/h6,9,11H,4-5,7-8,10H2,1-3H3. The molecule has 0 atom stereocenters. The van der Waals surface area contributed by atoms with Gasteiger partial charge in [0.1, 0.15) is 0 Å². The van der Waals surface area contributed by atoms with Crippen LogP contribution in [0, 0.1) is 5.41 Å². The van der Waals surface area contributed by atoms with Crippen LogP contribution in [-0.4, -0.2) is 39.5 Å². The predicted octanol–water partition coefficient (Wildman–Crippen LogP) is 1.96. The summed E-state index contributed by atoms with van der Waals surface area (Å²) in [7, 11) is 0. The lowest BCUT2D eigenvalue weighted by Crippen LogP contribution is -2.39. The molecular formula is C12H22N4. The monoisotopic (exact) mass is 222 g/mol. The van der Waals surface area contributed by atoms with E-state index in [2.05, 4.69) is 36.0 Å². The number of piperidine rings is 1. The summed E-state index contributed by atoms with van der Waals surface area (Å²) in [5.41, 5.74) is 0.403. The fraction of sp³-hybridized carbons (Fsp3) is 0.833. The van der Waals surface area contributed by atoms with E-state index in [1.165, 1.54) is 32.5 Å². The Morgan fingerprint density at radius 2 is 1.94 bits per heavy atom. The lowest BCUT2D eigenvalue weighted by molar-refractivity contribution is 0.134. The van der Waals surface area contributed by atoms with E-state index < -0.39 is 0 Å². The maximum Gasteiger partial charge on any atom is 0.0693 e. The van der Waals surface area contributed by atoms with Gasteiger partial charge in [0.15, 0.2) is 0 Å². The van der Waals surface area contributed by atoms with E-state index in [9.17, 15) is 0 Å². The molecule has 2 heterocycles. The number of likely N-dealkylation sites (tertiary alicyclic amines) is 1. The zero-order chi connectivity index (χ0) is 11.6. The van der Waals surface area contributed by atoms with Gasteiger partial charge in [0.2, 0.25) is 0 Å². The molecular weight excluding hydrogens is 200 g/mol. The number of hydrogen-bond acceptors (Lipinski definition) is 3. The minimum absolute atomic E-state index is 0.403. The van der Waals surface area contributed by atoms with Crippen molar-refractivity contribution in [2.24, 2.45) is 5.41 Å². The molecule has 0 aromatic carbocycles. The van der Waals surface area contributed by atoms with Crippen LogP contribution in [0.2, 0.25) is 0 Å². The summed E-state index contributed by atoms with van der Waals surface area (Å²) in [6.45, 7) is 10.5. The molecule has 0 spiro atoms. The van der Waals surface area contributed by atoms with Crippen LogP contribution >= 0.6 is 0 Å². The molecule has 0 radical (unpaired) electrons. The second-order valence-electron chi connectivity index (χ2n) is 5.95. The zero-order valence-electron chi connectivity index (χ0n) is 10.6. The largest absolute Gasteiger partial charge is 0.303 e. The highest BCUT2D eigenvalue weighted by Crippen LogP contribution is 2.24. The molecule has 1 saturated heterocycles. The first kappa shape index (κ1) is 11.6. The van der Waals surface area contributed by atoms with Gasteiger partial charge in [0, 0.05) is 25.8 Å². The van der Waals surface area contributed by atoms with Crippen molar-refractivity contribution in [1.29, 1.82) is 0 Å². The van der Waals surface area contributed by atoms with Crippen LogP contribution in [0.1, 0.15) is 39.7 Å². The molecule has 0 saturated carbocycles. The Labute approximate surface area is 97.6 Å². The van der Waals surface area contributed by atoms with Gasteiger partial charge < -0.3 is 4.90 Å². The van der Waals surface area contributed by atoms with Crippen molar-refractivity contribution >= 4 is 0 Å². The van der Waals surface area contributed by atoms with Crippen molar-refractivity contribution in [2.45, 2.75) is 39.7 Å². The summed E-state index contributed by atoms with van der Waals surface area (Å²) in [4.78, 5) is 2.56. The van der Waals surface area contributed by atoms with Crippen LogP contribution < -0.4 is 0 Å². The van der Waals surface area contributed by atoms with E-state index in [1.54, 1.807) is 6.20 Å². The molecule has 1 aromatic rings. The molecule has 1 aliphatic heterocycles. The topological polar surface area (TPSA) is 34.0 Å². The number of nitrogens with zero attached hydrogens (tertiary/aromatic N) is 4. The van der Waals surface area contributed by atoms with Crippen molar-refractivity contribution in [2.75, 3.05) is 19.6 Å². The minimum atomic E-state index is 0.403. The Morgan fingerprint density at radius 1 is 1.25 bits per heavy atom. The van der Waals surface area contributed by atoms with Gasteiger partial charge >= 0.3 is 0 Å². The van der Waals surface area contributed by atoms with E-state index in [1.807, 2.05) is 10.9 Å². The Balaban J connectivity index is 1.83. The van der Waals surface area contributed by atoms with E-state index in [0.29, 0.717) is 11.5 Å². The van der Waals surface area contributed by atoms with Gasteiger partial charge in [0.25, 0.3) is 0 Å². The summed E-state index contributed by atoms with van der Waals surface area (Å²) < 4.78 is 2.01. The molecule has 1 aromatic heterocycles. The van der Waals surface area contributed by atoms with Crippen molar-refractivity contribution in [3.05, 3.63) is 12.4 Å². The van der Waals surface area contributed by atoms with Gasteiger partial charge in [-0.3, -0.25) is 0 Å². The van der Waals surface area contributed by atoms with Crippen LogP contribution in [-0.2, 0) is 0 Å². The first-order valence-corrected chi connectivity index (χ1v) is 6.13. The molecule has 16 heavy (non-hydrogen) atoms. The molecule has 2 rings (SSSR count). The van der Waals surface area contributed by atoms with Crippen LogP contribution in [0.25, 0.3) is 0 Å². The third-order valence-corrected chi connectivity index (χ3v) is 3.07. The molecule has 0 bridgehead atoms. The first-order valence-electron chi connectivity index (χ1n) is 6.13. The first-order chi connectivity index (χ1) is 7.54. The van der Waals surface area contributed by atoms with Crippen molar-refractivity contribution in [3.63, 3.8) is 0 Å². The van der Waals surface area contributed by atoms with Crippen LogP contribution in [0.5, 0.6) is 0 Å². The van der Waals surface area contributed by atoms with E-state index in [4.69, 9.17) is 0 Å². The Morgan fingerprint density at radius 3 is 2.44 bits per heavy atom.